The molecule has 2 aromatic rings. The van der Waals surface area contributed by atoms with Crippen molar-refractivity contribution in [3.05, 3.63) is 36.0 Å². The van der Waals surface area contributed by atoms with E-state index >= 15 is 0 Å². The lowest BCUT2D eigenvalue weighted by Gasteiger charge is -2.09. The lowest BCUT2D eigenvalue weighted by Crippen LogP contribution is -2.04. The molecule has 0 fully saturated rings. The van der Waals surface area contributed by atoms with Gasteiger partial charge in [0.1, 0.15) is 11.6 Å². The van der Waals surface area contributed by atoms with E-state index < -0.39 is 0 Å². The summed E-state index contributed by atoms with van der Waals surface area (Å²) in [5.41, 5.74) is 3.14. The van der Waals surface area contributed by atoms with Gasteiger partial charge >= 0.3 is 0 Å². The number of benzene rings is 1. The van der Waals surface area contributed by atoms with E-state index in [9.17, 15) is 0 Å². The van der Waals surface area contributed by atoms with Crippen LogP contribution >= 0.6 is 0 Å². The van der Waals surface area contributed by atoms with Crippen molar-refractivity contribution in [2.24, 2.45) is 0 Å². The number of anilines is 1. The first-order valence-electron chi connectivity index (χ1n) is 6.47. The van der Waals surface area contributed by atoms with Gasteiger partial charge in [0, 0.05) is 12.1 Å². The second-order valence-corrected chi connectivity index (χ2v) is 4.38. The molecule has 0 aliphatic heterocycles. The molecule has 4 nitrogen and oxygen atoms in total. The topological polar surface area (TPSA) is 47.0 Å². The van der Waals surface area contributed by atoms with Crippen molar-refractivity contribution >= 4 is 5.82 Å². The summed E-state index contributed by atoms with van der Waals surface area (Å²) in [6.45, 7) is 5.00. The predicted octanol–water partition coefficient (Wildman–Crippen LogP) is 3.28. The Morgan fingerprint density at radius 2 is 1.89 bits per heavy atom. The number of hydrogen-bond acceptors (Lipinski definition) is 4. The molecule has 0 radical (unpaired) electrons. The fourth-order valence-corrected chi connectivity index (χ4v) is 1.86. The summed E-state index contributed by atoms with van der Waals surface area (Å²) >= 11 is 0. The Morgan fingerprint density at radius 3 is 2.53 bits per heavy atom. The fourth-order valence-electron chi connectivity index (χ4n) is 1.86. The Hall–Kier alpha value is -2.10. The zero-order chi connectivity index (χ0) is 13.7. The first kappa shape index (κ1) is 13.3. The zero-order valence-corrected chi connectivity index (χ0v) is 11.6. The molecule has 0 spiro atoms. The van der Waals surface area contributed by atoms with Gasteiger partial charge in [-0.2, -0.15) is 5.10 Å². The van der Waals surface area contributed by atoms with Crippen LogP contribution in [0.1, 0.15) is 19.0 Å². The summed E-state index contributed by atoms with van der Waals surface area (Å²) in [4.78, 5) is 0. The van der Waals surface area contributed by atoms with Gasteiger partial charge < -0.3 is 10.1 Å². The van der Waals surface area contributed by atoms with Gasteiger partial charge in [-0.25, -0.2) is 0 Å². The summed E-state index contributed by atoms with van der Waals surface area (Å²) in [5, 5.41) is 11.6. The summed E-state index contributed by atoms with van der Waals surface area (Å²) < 4.78 is 5.17. The third kappa shape index (κ3) is 3.22. The van der Waals surface area contributed by atoms with E-state index in [1.54, 1.807) is 7.11 Å². The molecule has 1 aromatic heterocycles. The molecule has 0 saturated carbocycles. The molecule has 0 amide bonds. The van der Waals surface area contributed by atoms with Crippen molar-refractivity contribution in [1.29, 1.82) is 0 Å². The van der Waals surface area contributed by atoms with Gasteiger partial charge in [0.25, 0.3) is 0 Å². The first-order valence-corrected chi connectivity index (χ1v) is 6.47. The highest BCUT2D eigenvalue weighted by atomic mass is 16.5. The zero-order valence-electron chi connectivity index (χ0n) is 11.6. The Labute approximate surface area is 113 Å². The fraction of sp³-hybridized carbons (Fsp3) is 0.333. The van der Waals surface area contributed by atoms with Gasteiger partial charge in [0.05, 0.1) is 12.8 Å². The van der Waals surface area contributed by atoms with Gasteiger partial charge in [-0.05, 0) is 37.1 Å². The molecule has 0 unspecified atom stereocenters. The van der Waals surface area contributed by atoms with Crippen LogP contribution < -0.4 is 10.1 Å². The smallest absolute Gasteiger partial charge is 0.149 e. The third-order valence-corrected chi connectivity index (χ3v) is 2.94. The van der Waals surface area contributed by atoms with Crippen LogP contribution in [0.2, 0.25) is 0 Å². The molecular formula is C15H19N3O. The number of nitrogens with one attached hydrogen (secondary N) is 1. The van der Waals surface area contributed by atoms with E-state index in [0.29, 0.717) is 0 Å². The summed E-state index contributed by atoms with van der Waals surface area (Å²) in [5.74, 6) is 1.67. The van der Waals surface area contributed by atoms with Crippen LogP contribution in [-0.2, 0) is 0 Å². The van der Waals surface area contributed by atoms with Gasteiger partial charge in [-0.3, -0.25) is 0 Å². The second kappa shape index (κ2) is 6.18. The summed E-state index contributed by atoms with van der Waals surface area (Å²) in [6, 6.07) is 10.0. The molecule has 1 heterocycles. The van der Waals surface area contributed by atoms with E-state index in [1.165, 1.54) is 0 Å². The molecule has 1 aromatic carbocycles. The highest BCUT2D eigenvalue weighted by Gasteiger charge is 2.06. The third-order valence-electron chi connectivity index (χ3n) is 2.94. The molecule has 0 aliphatic carbocycles. The molecule has 100 valence electrons. The number of aromatic nitrogens is 2. The molecule has 0 bridgehead atoms. The Morgan fingerprint density at radius 1 is 1.16 bits per heavy atom. The summed E-state index contributed by atoms with van der Waals surface area (Å²) in [7, 11) is 1.67. The number of nitrogens with zero attached hydrogens (tertiary/aromatic N) is 2. The van der Waals surface area contributed by atoms with Gasteiger partial charge in [-0.1, -0.05) is 19.1 Å². The second-order valence-electron chi connectivity index (χ2n) is 4.38. The maximum atomic E-state index is 5.17. The number of rotatable bonds is 5. The average Bonchev–Trinajstić information content (AvgIpc) is 2.46. The minimum Gasteiger partial charge on any atom is -0.497 e. The molecule has 19 heavy (non-hydrogen) atoms. The van der Waals surface area contributed by atoms with Crippen molar-refractivity contribution in [2.75, 3.05) is 19.0 Å². The molecule has 0 saturated heterocycles. The molecule has 4 heteroatoms. The number of ether oxygens (including phenoxy) is 1. The number of aryl methyl sites for hydroxylation is 1. The first-order chi connectivity index (χ1) is 9.24. The molecule has 0 aliphatic rings. The minimum atomic E-state index is 0.818. The highest BCUT2D eigenvalue weighted by molar-refractivity contribution is 5.68. The van der Waals surface area contributed by atoms with Gasteiger partial charge in [0.2, 0.25) is 0 Å². The van der Waals surface area contributed by atoms with Crippen LogP contribution in [0.15, 0.2) is 30.3 Å². The quantitative estimate of drug-likeness (QED) is 0.893. The van der Waals surface area contributed by atoms with Crippen molar-refractivity contribution in [1.82, 2.24) is 10.2 Å². The van der Waals surface area contributed by atoms with Crippen LogP contribution in [-0.4, -0.2) is 23.9 Å². The maximum Gasteiger partial charge on any atom is 0.149 e. The normalized spacial score (nSPS) is 10.3. The van der Waals surface area contributed by atoms with Crippen LogP contribution in [0, 0.1) is 6.92 Å². The van der Waals surface area contributed by atoms with E-state index in [4.69, 9.17) is 4.74 Å². The minimum absolute atomic E-state index is 0.818. The summed E-state index contributed by atoms with van der Waals surface area (Å²) in [6.07, 6.45) is 1.06. The van der Waals surface area contributed by atoms with Crippen LogP contribution in [0.3, 0.4) is 0 Å². The molecule has 0 atom stereocenters. The van der Waals surface area contributed by atoms with Crippen molar-refractivity contribution in [3.63, 3.8) is 0 Å². The standard InChI is InChI=1S/C15H19N3O/c1-4-9-16-15-10-14(11(2)17-18-15)12-5-7-13(19-3)8-6-12/h5-8,10H,4,9H2,1-3H3,(H,16,18). The van der Waals surface area contributed by atoms with E-state index in [1.807, 2.05) is 37.3 Å². The van der Waals surface area contributed by atoms with Crippen LogP contribution in [0.4, 0.5) is 5.82 Å². The molecular weight excluding hydrogens is 238 g/mol. The Bertz CT molecular complexity index is 538. The lowest BCUT2D eigenvalue weighted by atomic mass is 10.1. The van der Waals surface area contributed by atoms with Crippen molar-refractivity contribution in [2.45, 2.75) is 20.3 Å². The Balaban J connectivity index is 2.31. The largest absolute Gasteiger partial charge is 0.497 e. The number of methoxy groups -OCH3 is 1. The number of hydrogen-bond donors (Lipinski definition) is 1. The van der Waals surface area contributed by atoms with Crippen molar-refractivity contribution in [3.8, 4) is 16.9 Å². The highest BCUT2D eigenvalue weighted by Crippen LogP contribution is 2.25. The van der Waals surface area contributed by atoms with Crippen LogP contribution in [0.25, 0.3) is 11.1 Å². The van der Waals surface area contributed by atoms with Crippen molar-refractivity contribution < 1.29 is 4.74 Å². The Kier molecular flexibility index (Phi) is 4.34. The van der Waals surface area contributed by atoms with E-state index in [-0.39, 0.29) is 0 Å². The maximum absolute atomic E-state index is 5.17. The SMILES string of the molecule is CCCNc1cc(-c2ccc(OC)cc2)c(C)nn1. The van der Waals surface area contributed by atoms with Gasteiger partial charge in [-0.15, -0.1) is 5.10 Å². The molecule has 1 N–H and O–H groups in total. The molecule has 2 rings (SSSR count). The monoisotopic (exact) mass is 257 g/mol. The predicted molar refractivity (Wildman–Crippen MR) is 77.5 cm³/mol. The van der Waals surface area contributed by atoms with E-state index in [0.717, 1.165) is 41.4 Å². The van der Waals surface area contributed by atoms with Gasteiger partial charge in [0.15, 0.2) is 0 Å². The van der Waals surface area contributed by atoms with E-state index in [2.05, 4.69) is 22.4 Å². The average molecular weight is 257 g/mol. The lowest BCUT2D eigenvalue weighted by molar-refractivity contribution is 0.415. The van der Waals surface area contributed by atoms with Crippen LogP contribution in [0.5, 0.6) is 5.75 Å².